The van der Waals surface area contributed by atoms with Gasteiger partial charge >= 0.3 is 5.97 Å². The third-order valence-corrected chi connectivity index (χ3v) is 10.2. The van der Waals surface area contributed by atoms with Gasteiger partial charge < -0.3 is 59.5 Å². The molecule has 0 saturated carbocycles. The van der Waals surface area contributed by atoms with Gasteiger partial charge in [-0.3, -0.25) is 54.0 Å². The zero-order valence-corrected chi connectivity index (χ0v) is 37.5. The van der Waals surface area contributed by atoms with Crippen LogP contribution in [0.2, 0.25) is 0 Å². The Balaban J connectivity index is 2.10. The van der Waals surface area contributed by atoms with Gasteiger partial charge in [-0.05, 0) is 69.1 Å². The van der Waals surface area contributed by atoms with Crippen LogP contribution in [-0.2, 0) is 28.8 Å². The molecule has 0 aliphatic rings. The van der Waals surface area contributed by atoms with E-state index in [4.69, 9.17) is 17.2 Å². The molecule has 0 aromatic heterocycles. The number of amides is 6. The number of guanidine groups is 1. The number of carbonyl (C=O) groups is 7. The van der Waals surface area contributed by atoms with Gasteiger partial charge in [0, 0.05) is 24.8 Å². The zero-order valence-electron chi connectivity index (χ0n) is 37.5. The van der Waals surface area contributed by atoms with Crippen molar-refractivity contribution in [1.82, 2.24) is 31.9 Å². The summed E-state index contributed by atoms with van der Waals surface area (Å²) in [5, 5.41) is 50.3. The van der Waals surface area contributed by atoms with Gasteiger partial charge in [0.15, 0.2) is 5.96 Å². The molecule has 0 bridgehead atoms. The Morgan fingerprint density at radius 3 is 1.98 bits per heavy atom. The van der Waals surface area contributed by atoms with E-state index in [-0.39, 0.29) is 68.1 Å². The van der Waals surface area contributed by atoms with Gasteiger partial charge in [0.1, 0.15) is 35.9 Å². The van der Waals surface area contributed by atoms with Crippen molar-refractivity contribution in [3.05, 3.63) is 68.3 Å². The molecule has 0 fully saturated rings. The summed E-state index contributed by atoms with van der Waals surface area (Å²) in [7, 11) is 0. The molecular formula is C41H61N13O12. The number of nitrogens with zero attached hydrogens (tertiary/aromatic N) is 3. The van der Waals surface area contributed by atoms with E-state index >= 15 is 0 Å². The van der Waals surface area contributed by atoms with E-state index in [1.165, 1.54) is 25.1 Å². The number of rotatable bonds is 28. The standard InChI is InChI=1S/C41H61N13O12/c1-6-23(4)34(51-32(55)21-47-36(57)26-12-7-8-13-27(26)42)39(60)52-33(22(2)3)38(59)49-29(15-11-19-46-41(43)44)37(58)48-24(5)35(56)50-30(40(61)62)14-9-10-18-45-28-17-16-25(53(63)64)20-31(28)54(65)66/h7-8,12-13,16-17,20,22-24,29-30,33-34,45H,6,9-11,14-15,18-19,21,42H2,1-5H3,(H,47,57)(H,48,58)(H,49,59)(H,50,56)(H,51,55)(H,52,60)(H,61,62)(H4,43,44,46)/t23-,24+,29+,30+,33-,34+/m1/s1. The van der Waals surface area contributed by atoms with Crippen molar-refractivity contribution in [2.24, 2.45) is 28.3 Å². The lowest BCUT2D eigenvalue weighted by Gasteiger charge is -2.29. The monoisotopic (exact) mass is 927 g/mol. The number of non-ortho nitro benzene ring substituents is 1. The van der Waals surface area contributed by atoms with Crippen molar-refractivity contribution in [2.45, 2.75) is 103 Å². The van der Waals surface area contributed by atoms with Crippen molar-refractivity contribution in [1.29, 1.82) is 0 Å². The summed E-state index contributed by atoms with van der Waals surface area (Å²) in [5.41, 5.74) is 16.1. The molecule has 14 N–H and O–H groups in total. The SMILES string of the molecule is CC[C@@H](C)[C@H](NC(=O)CNC(=O)c1ccccc1N)C(=O)N[C@@H](C(=O)N[C@@H](CCCN=C(N)N)C(=O)N[C@@H](C)C(=O)N[C@@H](CCCCNc1ccc([N+](=O)[O-])cc1[N+](=O)[O-])C(=O)O)C(C)C. The lowest BCUT2D eigenvalue weighted by Crippen LogP contribution is -2.60. The number of carboxylic acids is 1. The minimum absolute atomic E-state index is 0.0282. The highest BCUT2D eigenvalue weighted by Crippen LogP contribution is 2.29. The second-order valence-electron chi connectivity index (χ2n) is 15.7. The average Bonchev–Trinajstić information content (AvgIpc) is 3.26. The van der Waals surface area contributed by atoms with E-state index in [1.54, 1.807) is 39.8 Å². The lowest BCUT2D eigenvalue weighted by molar-refractivity contribution is -0.393. The minimum atomic E-state index is -1.40. The van der Waals surface area contributed by atoms with Crippen LogP contribution in [-0.4, -0.2) is 112 Å². The molecule has 25 nitrogen and oxygen atoms in total. The van der Waals surface area contributed by atoms with Gasteiger partial charge in [0.2, 0.25) is 29.5 Å². The van der Waals surface area contributed by atoms with Crippen LogP contribution >= 0.6 is 0 Å². The van der Waals surface area contributed by atoms with E-state index in [0.717, 1.165) is 12.1 Å². The van der Waals surface area contributed by atoms with Crippen molar-refractivity contribution >= 4 is 70.1 Å². The third kappa shape index (κ3) is 17.9. The summed E-state index contributed by atoms with van der Waals surface area (Å²) in [6, 6.07) is 3.01. The Kier molecular flexibility index (Phi) is 22.2. The number of nitrogen functional groups attached to an aromatic ring is 1. The van der Waals surface area contributed by atoms with E-state index < -0.39 is 111 Å². The molecule has 2 aromatic rings. The van der Waals surface area contributed by atoms with Crippen LogP contribution in [0.5, 0.6) is 0 Å². The summed E-state index contributed by atoms with van der Waals surface area (Å²) in [5.74, 6) is -7.01. The predicted molar refractivity (Wildman–Crippen MR) is 242 cm³/mol. The Morgan fingerprint density at radius 2 is 1.39 bits per heavy atom. The van der Waals surface area contributed by atoms with E-state index in [0.29, 0.717) is 6.42 Å². The number of unbranched alkanes of at least 4 members (excludes halogenated alkanes) is 1. The highest BCUT2D eigenvalue weighted by molar-refractivity contribution is 6.01. The van der Waals surface area contributed by atoms with Crippen LogP contribution in [0.3, 0.4) is 0 Å². The number of nitro benzene ring substituents is 2. The van der Waals surface area contributed by atoms with Crippen molar-refractivity contribution in [2.75, 3.05) is 30.7 Å². The molecule has 0 radical (unpaired) electrons. The van der Waals surface area contributed by atoms with Gasteiger partial charge in [-0.2, -0.15) is 0 Å². The molecule has 2 rings (SSSR count). The van der Waals surface area contributed by atoms with Crippen LogP contribution in [0.25, 0.3) is 0 Å². The Hall–Kier alpha value is -7.60. The van der Waals surface area contributed by atoms with E-state index in [9.17, 15) is 58.9 Å². The van der Waals surface area contributed by atoms with Crippen LogP contribution in [0.15, 0.2) is 47.5 Å². The topological polar surface area (TPSA) is 401 Å². The normalized spacial score (nSPS) is 13.5. The summed E-state index contributed by atoms with van der Waals surface area (Å²) < 4.78 is 0. The number of aliphatic imine (C=N–C) groups is 1. The van der Waals surface area contributed by atoms with Gasteiger partial charge in [0.25, 0.3) is 17.3 Å². The summed E-state index contributed by atoms with van der Waals surface area (Å²) in [6.45, 7) is 7.82. The average molecular weight is 928 g/mol. The summed E-state index contributed by atoms with van der Waals surface area (Å²) in [4.78, 5) is 117. The molecule has 0 spiro atoms. The Bertz CT molecular complexity index is 2100. The van der Waals surface area contributed by atoms with Crippen LogP contribution < -0.4 is 54.4 Å². The number of nitrogens with two attached hydrogens (primary N) is 3. The molecule has 0 saturated heterocycles. The van der Waals surface area contributed by atoms with Crippen LogP contribution in [0, 0.1) is 32.1 Å². The predicted octanol–water partition coefficient (Wildman–Crippen LogP) is 0.382. The number of hydrogen-bond acceptors (Lipinski definition) is 14. The quantitative estimate of drug-likeness (QED) is 0.0137. The van der Waals surface area contributed by atoms with Gasteiger partial charge in [-0.1, -0.05) is 46.2 Å². The van der Waals surface area contributed by atoms with Crippen molar-refractivity contribution < 1.29 is 48.5 Å². The number of carboxylic acid groups (broad SMARTS) is 1. The van der Waals surface area contributed by atoms with Crippen LogP contribution in [0.4, 0.5) is 22.7 Å². The Labute approximate surface area is 380 Å². The maximum Gasteiger partial charge on any atom is 0.326 e. The molecule has 6 amide bonds. The number of nitrogens with one attached hydrogen (secondary N) is 7. The van der Waals surface area contributed by atoms with Crippen molar-refractivity contribution in [3.8, 4) is 0 Å². The number of para-hydroxylation sites is 1. The number of benzene rings is 2. The fourth-order valence-corrected chi connectivity index (χ4v) is 6.26. The lowest BCUT2D eigenvalue weighted by atomic mass is 9.96. The molecule has 25 heteroatoms. The number of hydrogen-bond donors (Lipinski definition) is 11. The number of aliphatic carboxylic acids is 1. The first kappa shape index (κ1) is 54.5. The van der Waals surface area contributed by atoms with E-state index in [1.807, 2.05) is 0 Å². The first-order chi connectivity index (χ1) is 31.1. The fourth-order valence-electron chi connectivity index (χ4n) is 6.26. The highest BCUT2D eigenvalue weighted by Gasteiger charge is 2.34. The smallest absolute Gasteiger partial charge is 0.326 e. The maximum absolute atomic E-state index is 13.8. The molecule has 6 atom stereocenters. The third-order valence-electron chi connectivity index (χ3n) is 10.2. The first-order valence-corrected chi connectivity index (χ1v) is 21.2. The number of carbonyl (C=O) groups excluding carboxylic acids is 6. The maximum atomic E-state index is 13.8. The fraction of sp³-hybridized carbons (Fsp3) is 0.512. The molecule has 0 aliphatic carbocycles. The van der Waals surface area contributed by atoms with Crippen LogP contribution in [0.1, 0.15) is 83.5 Å². The largest absolute Gasteiger partial charge is 0.480 e. The zero-order chi connectivity index (χ0) is 49.7. The molecular weight excluding hydrogens is 867 g/mol. The van der Waals surface area contributed by atoms with Crippen molar-refractivity contribution in [3.63, 3.8) is 0 Å². The minimum Gasteiger partial charge on any atom is -0.480 e. The molecule has 362 valence electrons. The van der Waals surface area contributed by atoms with Gasteiger partial charge in [-0.15, -0.1) is 0 Å². The van der Waals surface area contributed by atoms with E-state index in [2.05, 4.69) is 42.2 Å². The van der Waals surface area contributed by atoms with Gasteiger partial charge in [0.05, 0.1) is 28.0 Å². The highest BCUT2D eigenvalue weighted by atomic mass is 16.6. The molecule has 0 unspecified atom stereocenters. The number of anilines is 2. The molecule has 2 aromatic carbocycles. The molecule has 66 heavy (non-hydrogen) atoms. The second-order valence-corrected chi connectivity index (χ2v) is 15.7. The summed E-state index contributed by atoms with van der Waals surface area (Å²) >= 11 is 0. The summed E-state index contributed by atoms with van der Waals surface area (Å²) in [6.07, 6.45) is 1.02. The second kappa shape index (κ2) is 26.9. The number of nitro groups is 2. The molecule has 0 heterocycles. The Morgan fingerprint density at radius 1 is 0.758 bits per heavy atom. The first-order valence-electron chi connectivity index (χ1n) is 21.2. The van der Waals surface area contributed by atoms with Gasteiger partial charge in [-0.25, -0.2) is 4.79 Å². The molecule has 0 aliphatic heterocycles.